The number of carbonyl (C=O) groups is 1. The summed E-state index contributed by atoms with van der Waals surface area (Å²) in [4.78, 5) is 27.9. The molecule has 3 aromatic rings. The van der Waals surface area contributed by atoms with E-state index in [4.69, 9.17) is 0 Å². The quantitative estimate of drug-likeness (QED) is 0.662. The molecule has 1 aromatic heterocycles. The maximum absolute atomic E-state index is 15.3. The Morgan fingerprint density at radius 1 is 1.19 bits per heavy atom. The minimum Gasteiger partial charge on any atom is -0.388 e. The van der Waals surface area contributed by atoms with E-state index in [-0.39, 0.29) is 29.3 Å². The van der Waals surface area contributed by atoms with Gasteiger partial charge in [0.2, 0.25) is 0 Å². The lowest BCUT2D eigenvalue weighted by atomic mass is 9.81. The van der Waals surface area contributed by atoms with Crippen molar-refractivity contribution in [3.63, 3.8) is 0 Å². The molecule has 1 amide bonds. The number of fused-ring (bicyclic) bond motifs is 1. The van der Waals surface area contributed by atoms with Gasteiger partial charge in [-0.3, -0.25) is 9.36 Å². The van der Waals surface area contributed by atoms with E-state index < -0.39 is 18.1 Å². The summed E-state index contributed by atoms with van der Waals surface area (Å²) in [6.45, 7) is 8.15. The summed E-state index contributed by atoms with van der Waals surface area (Å²) in [6, 6.07) is 10.4. The van der Waals surface area contributed by atoms with Crippen molar-refractivity contribution >= 4 is 11.6 Å². The van der Waals surface area contributed by atoms with Crippen LogP contribution in [0.1, 0.15) is 54.0 Å². The molecule has 0 unspecified atom stereocenters. The molecule has 0 spiro atoms. The number of nitrogens with zero attached hydrogens (tertiary/aromatic N) is 4. The molecule has 32 heavy (non-hydrogen) atoms. The van der Waals surface area contributed by atoms with Crippen LogP contribution in [0.15, 0.2) is 41.2 Å². The Morgan fingerprint density at radius 2 is 1.91 bits per heavy atom. The van der Waals surface area contributed by atoms with Crippen molar-refractivity contribution < 1.29 is 14.3 Å². The Balaban J connectivity index is 1.89. The van der Waals surface area contributed by atoms with Gasteiger partial charge in [-0.05, 0) is 49.1 Å². The number of hydrogen-bond donors (Lipinski definition) is 1. The van der Waals surface area contributed by atoms with E-state index in [1.54, 1.807) is 17.9 Å². The predicted molar refractivity (Wildman–Crippen MR) is 120 cm³/mol. The smallest absolute Gasteiger partial charge is 0.350 e. The third-order valence-corrected chi connectivity index (χ3v) is 6.21. The fourth-order valence-corrected chi connectivity index (χ4v) is 4.43. The number of anilines is 1. The van der Waals surface area contributed by atoms with Crippen LogP contribution in [-0.4, -0.2) is 31.9 Å². The minimum atomic E-state index is -0.710. The third-order valence-electron chi connectivity index (χ3n) is 6.21. The maximum Gasteiger partial charge on any atom is 0.350 e. The lowest BCUT2D eigenvalue weighted by Gasteiger charge is -2.37. The first-order valence-corrected chi connectivity index (χ1v) is 10.8. The van der Waals surface area contributed by atoms with E-state index in [2.05, 4.69) is 18.9 Å². The highest BCUT2D eigenvalue weighted by atomic mass is 19.1. The molecule has 0 radical (unpaired) electrons. The van der Waals surface area contributed by atoms with Crippen LogP contribution < -0.4 is 10.6 Å². The zero-order valence-corrected chi connectivity index (χ0v) is 18.7. The number of halogens is 1. The van der Waals surface area contributed by atoms with Crippen molar-refractivity contribution in [2.75, 3.05) is 11.4 Å². The van der Waals surface area contributed by atoms with Gasteiger partial charge in [-0.15, -0.1) is 5.10 Å². The number of aliphatic hydroxyl groups excluding tert-OH is 1. The molecular formula is C24H27FN4O3. The van der Waals surface area contributed by atoms with Crippen molar-refractivity contribution in [1.29, 1.82) is 0 Å². The van der Waals surface area contributed by atoms with Crippen LogP contribution in [0.4, 0.5) is 10.1 Å². The Morgan fingerprint density at radius 3 is 2.50 bits per heavy atom. The molecule has 0 saturated heterocycles. The molecule has 0 fully saturated rings. The molecule has 4 rings (SSSR count). The highest BCUT2D eigenvalue weighted by Gasteiger charge is 2.35. The fraction of sp³-hybridized carbons (Fsp3) is 0.375. The second-order valence-corrected chi connectivity index (χ2v) is 8.46. The Bertz CT molecular complexity index is 1240. The van der Waals surface area contributed by atoms with Crippen molar-refractivity contribution in [2.45, 2.75) is 46.8 Å². The highest BCUT2D eigenvalue weighted by Crippen LogP contribution is 2.38. The van der Waals surface area contributed by atoms with Crippen LogP contribution >= 0.6 is 0 Å². The SMILES string of the molecule is CCn1c(CO)nn(-c2cc3c(cc2F)C(=O)N(c2ccccc2C)C[C@H]3C(C)C)c1=O. The summed E-state index contributed by atoms with van der Waals surface area (Å²) in [5.74, 6) is -0.693. The molecule has 1 atom stereocenters. The average molecular weight is 439 g/mol. The number of amides is 1. The van der Waals surface area contributed by atoms with Crippen molar-refractivity contribution in [3.05, 3.63) is 75.2 Å². The number of aliphatic hydroxyl groups is 1. The van der Waals surface area contributed by atoms with Crippen molar-refractivity contribution in [2.24, 2.45) is 5.92 Å². The minimum absolute atomic E-state index is 0.0153. The molecule has 168 valence electrons. The molecular weight excluding hydrogens is 411 g/mol. The van der Waals surface area contributed by atoms with Gasteiger partial charge in [0.1, 0.15) is 18.1 Å². The molecule has 7 nitrogen and oxygen atoms in total. The highest BCUT2D eigenvalue weighted by molar-refractivity contribution is 6.09. The Hall–Kier alpha value is -3.26. The molecule has 0 saturated carbocycles. The predicted octanol–water partition coefficient (Wildman–Crippen LogP) is 3.39. The summed E-state index contributed by atoms with van der Waals surface area (Å²) in [7, 11) is 0. The van der Waals surface area contributed by atoms with Gasteiger partial charge in [-0.25, -0.2) is 9.18 Å². The Labute approximate surface area is 185 Å². The van der Waals surface area contributed by atoms with Crippen LogP contribution in [-0.2, 0) is 13.2 Å². The number of rotatable bonds is 5. The van der Waals surface area contributed by atoms with E-state index in [1.807, 2.05) is 31.2 Å². The first-order valence-electron chi connectivity index (χ1n) is 10.8. The maximum atomic E-state index is 15.3. The largest absolute Gasteiger partial charge is 0.388 e. The molecule has 2 aromatic carbocycles. The van der Waals surface area contributed by atoms with Crippen LogP contribution in [0.3, 0.4) is 0 Å². The van der Waals surface area contributed by atoms with Gasteiger partial charge in [-0.1, -0.05) is 32.0 Å². The van der Waals surface area contributed by atoms with E-state index >= 15 is 4.39 Å². The van der Waals surface area contributed by atoms with Crippen LogP contribution in [0.25, 0.3) is 5.69 Å². The number of benzene rings is 2. The zero-order chi connectivity index (χ0) is 23.2. The molecule has 0 aliphatic carbocycles. The number of aryl methyl sites for hydroxylation is 1. The van der Waals surface area contributed by atoms with Gasteiger partial charge in [0, 0.05) is 30.3 Å². The van der Waals surface area contributed by atoms with Gasteiger partial charge < -0.3 is 10.0 Å². The Kier molecular flexibility index (Phi) is 5.73. The summed E-state index contributed by atoms with van der Waals surface area (Å²) >= 11 is 0. The second kappa shape index (κ2) is 8.35. The zero-order valence-electron chi connectivity index (χ0n) is 18.7. The van der Waals surface area contributed by atoms with E-state index in [9.17, 15) is 14.7 Å². The van der Waals surface area contributed by atoms with Crippen LogP contribution in [0, 0.1) is 18.7 Å². The number of carbonyl (C=O) groups excluding carboxylic acids is 1. The van der Waals surface area contributed by atoms with Crippen molar-refractivity contribution in [3.8, 4) is 5.69 Å². The number of aromatic nitrogens is 3. The van der Waals surface area contributed by atoms with E-state index in [0.717, 1.165) is 15.9 Å². The van der Waals surface area contributed by atoms with Gasteiger partial charge in [0.05, 0.1) is 0 Å². The summed E-state index contributed by atoms with van der Waals surface area (Å²) in [5.41, 5.74) is 2.24. The molecule has 1 aliphatic heterocycles. The third kappa shape index (κ3) is 3.44. The summed E-state index contributed by atoms with van der Waals surface area (Å²) in [6.07, 6.45) is 0. The first-order chi connectivity index (χ1) is 15.3. The van der Waals surface area contributed by atoms with Crippen LogP contribution in [0.5, 0.6) is 0 Å². The summed E-state index contributed by atoms with van der Waals surface area (Å²) < 4.78 is 17.5. The lowest BCUT2D eigenvalue weighted by Crippen LogP contribution is -2.42. The molecule has 8 heteroatoms. The van der Waals surface area contributed by atoms with Crippen LogP contribution in [0.2, 0.25) is 0 Å². The van der Waals surface area contributed by atoms with Gasteiger partial charge in [0.25, 0.3) is 5.91 Å². The normalized spacial score (nSPS) is 16.0. The van der Waals surface area contributed by atoms with Crippen molar-refractivity contribution in [1.82, 2.24) is 14.3 Å². The average Bonchev–Trinajstić information content (AvgIpc) is 3.09. The molecule has 2 heterocycles. The molecule has 1 aliphatic rings. The molecule has 1 N–H and O–H groups in total. The van der Waals surface area contributed by atoms with E-state index in [0.29, 0.717) is 24.2 Å². The van der Waals surface area contributed by atoms with Gasteiger partial charge >= 0.3 is 5.69 Å². The second-order valence-electron chi connectivity index (χ2n) is 8.46. The standard InChI is InChI=1S/C24H27FN4O3/c1-5-27-22(13-30)26-29(24(27)32)21-11-16-17(10-19(21)25)23(31)28(12-18(16)14(2)3)20-9-7-6-8-15(20)4/h6-11,14,18,30H,5,12-13H2,1-4H3/t18-/m0/s1. The topological polar surface area (TPSA) is 80.4 Å². The fourth-order valence-electron chi connectivity index (χ4n) is 4.43. The number of para-hydroxylation sites is 1. The molecule has 0 bridgehead atoms. The number of hydrogen-bond acceptors (Lipinski definition) is 4. The monoisotopic (exact) mass is 438 g/mol. The van der Waals surface area contributed by atoms with E-state index in [1.165, 1.54) is 10.6 Å². The van der Waals surface area contributed by atoms with Gasteiger partial charge in [0.15, 0.2) is 5.82 Å². The summed E-state index contributed by atoms with van der Waals surface area (Å²) in [5, 5.41) is 13.6. The first kappa shape index (κ1) is 22.0. The van der Waals surface area contributed by atoms with Gasteiger partial charge in [-0.2, -0.15) is 4.68 Å². The lowest BCUT2D eigenvalue weighted by molar-refractivity contribution is 0.0973.